The minimum atomic E-state index is -0.733. The molecule has 10 nitrogen and oxygen atoms in total. The van der Waals surface area contributed by atoms with Crippen molar-refractivity contribution in [2.24, 2.45) is 5.73 Å². The van der Waals surface area contributed by atoms with Crippen LogP contribution in [0, 0.1) is 5.82 Å². The number of halogens is 2. The van der Waals surface area contributed by atoms with E-state index in [1.165, 1.54) is 29.0 Å². The molecule has 1 aromatic heterocycles. The summed E-state index contributed by atoms with van der Waals surface area (Å²) in [5.74, 6) is -1.12. The summed E-state index contributed by atoms with van der Waals surface area (Å²) in [5, 5.41) is 11.9. The van der Waals surface area contributed by atoms with Crippen molar-refractivity contribution < 1.29 is 28.6 Å². The lowest BCUT2D eigenvalue weighted by molar-refractivity contribution is -0.118. The average Bonchev–Trinajstić information content (AvgIpc) is 2.90. The molecule has 208 valence electrons. The molecule has 3 amide bonds. The minimum absolute atomic E-state index is 0.0179. The smallest absolute Gasteiger partial charge is 0.415 e. The number of hydrogen-bond acceptors (Lipinski definition) is 7. The van der Waals surface area contributed by atoms with Gasteiger partial charge >= 0.3 is 6.09 Å². The van der Waals surface area contributed by atoms with Gasteiger partial charge in [-0.25, -0.2) is 24.6 Å². The number of carbonyl (C=O) groups excluding carboxylic acids is 3. The summed E-state index contributed by atoms with van der Waals surface area (Å²) in [5.41, 5.74) is 8.59. The Balaban J connectivity index is 2.00. The van der Waals surface area contributed by atoms with E-state index in [0.717, 1.165) is 0 Å². The van der Waals surface area contributed by atoms with Gasteiger partial charge in [-0.2, -0.15) is 0 Å². The monoisotopic (exact) mass is 559 g/mol. The highest BCUT2D eigenvalue weighted by molar-refractivity contribution is 6.31. The largest absolute Gasteiger partial charge is 0.446 e. The van der Waals surface area contributed by atoms with Gasteiger partial charge in [-0.3, -0.25) is 14.5 Å². The number of amides is 3. The third-order valence-corrected chi connectivity index (χ3v) is 6.25. The SMILES string of the molecule is CC(=O)N(NCc1cccc(F)c1Cl)c1nc(N(CCCO)C(=O)O[C@@H](C)CCC(N)=O)cc2ccccc12. The quantitative estimate of drug-likeness (QED) is 0.284. The van der Waals surface area contributed by atoms with Crippen LogP contribution in [0.5, 0.6) is 0 Å². The summed E-state index contributed by atoms with van der Waals surface area (Å²) < 4.78 is 19.5. The molecule has 2 aromatic carbocycles. The first-order valence-electron chi connectivity index (χ1n) is 12.4. The molecule has 0 saturated heterocycles. The molecule has 0 bridgehead atoms. The third kappa shape index (κ3) is 7.85. The van der Waals surface area contributed by atoms with Gasteiger partial charge in [-0.15, -0.1) is 0 Å². The van der Waals surface area contributed by atoms with Gasteiger partial charge in [0, 0.05) is 38.4 Å². The van der Waals surface area contributed by atoms with Crippen LogP contribution in [0.1, 0.15) is 38.7 Å². The average molecular weight is 560 g/mol. The number of anilines is 2. The Morgan fingerprint density at radius 3 is 2.64 bits per heavy atom. The lowest BCUT2D eigenvalue weighted by atomic mass is 10.1. The number of hydrogen-bond donors (Lipinski definition) is 3. The highest BCUT2D eigenvalue weighted by Crippen LogP contribution is 2.30. The Morgan fingerprint density at radius 1 is 1.21 bits per heavy atom. The van der Waals surface area contributed by atoms with Crippen LogP contribution in [0.4, 0.5) is 20.8 Å². The maximum Gasteiger partial charge on any atom is 0.415 e. The number of aromatic nitrogens is 1. The summed E-state index contributed by atoms with van der Waals surface area (Å²) in [6.45, 7) is 2.89. The zero-order chi connectivity index (χ0) is 28.5. The number of nitrogens with two attached hydrogens (primary N) is 1. The number of pyridine rings is 1. The summed E-state index contributed by atoms with van der Waals surface area (Å²) in [7, 11) is 0. The molecule has 0 radical (unpaired) electrons. The first kappa shape index (κ1) is 29.8. The number of ether oxygens (including phenoxy) is 1. The van der Waals surface area contributed by atoms with Crippen molar-refractivity contribution in [2.75, 3.05) is 23.1 Å². The van der Waals surface area contributed by atoms with Gasteiger partial charge in [0.05, 0.1) is 5.02 Å². The van der Waals surface area contributed by atoms with Gasteiger partial charge in [0.1, 0.15) is 17.7 Å². The van der Waals surface area contributed by atoms with Crippen LogP contribution in [-0.2, 0) is 20.9 Å². The topological polar surface area (TPSA) is 138 Å². The van der Waals surface area contributed by atoms with E-state index in [2.05, 4.69) is 10.4 Å². The number of aliphatic hydroxyl groups excluding tert-OH is 1. The van der Waals surface area contributed by atoms with Crippen molar-refractivity contribution in [3.05, 3.63) is 64.9 Å². The first-order valence-corrected chi connectivity index (χ1v) is 12.7. The van der Waals surface area contributed by atoms with Crippen molar-refractivity contribution in [2.45, 2.75) is 45.8 Å². The molecule has 3 rings (SSSR count). The van der Waals surface area contributed by atoms with E-state index in [0.29, 0.717) is 16.3 Å². The lowest BCUT2D eigenvalue weighted by Crippen LogP contribution is -2.42. The predicted octanol–water partition coefficient (Wildman–Crippen LogP) is 4.06. The van der Waals surface area contributed by atoms with Gasteiger partial charge in [-0.05, 0) is 42.8 Å². The number of benzene rings is 2. The van der Waals surface area contributed by atoms with Gasteiger partial charge in [0.15, 0.2) is 5.82 Å². The number of nitrogens with zero attached hydrogens (tertiary/aromatic N) is 3. The van der Waals surface area contributed by atoms with Gasteiger partial charge in [-0.1, -0.05) is 48.0 Å². The Kier molecular flexibility index (Phi) is 10.6. The Bertz CT molecular complexity index is 1340. The molecular weight excluding hydrogens is 529 g/mol. The van der Waals surface area contributed by atoms with Gasteiger partial charge in [0.2, 0.25) is 11.8 Å². The van der Waals surface area contributed by atoms with E-state index in [1.807, 2.05) is 0 Å². The summed E-state index contributed by atoms with van der Waals surface area (Å²) in [4.78, 5) is 42.9. The lowest BCUT2D eigenvalue weighted by Gasteiger charge is -2.27. The van der Waals surface area contributed by atoms with Crippen molar-refractivity contribution in [1.82, 2.24) is 10.4 Å². The Morgan fingerprint density at radius 2 is 1.95 bits per heavy atom. The van der Waals surface area contributed by atoms with E-state index in [9.17, 15) is 23.9 Å². The fourth-order valence-corrected chi connectivity index (χ4v) is 4.02. The van der Waals surface area contributed by atoms with Crippen LogP contribution < -0.4 is 21.1 Å². The molecular formula is C27H31ClFN5O5. The number of aliphatic hydroxyl groups is 1. The van der Waals surface area contributed by atoms with Crippen LogP contribution in [0.25, 0.3) is 10.8 Å². The zero-order valence-electron chi connectivity index (χ0n) is 21.7. The Labute approximate surface area is 230 Å². The van der Waals surface area contributed by atoms with Crippen LogP contribution in [0.15, 0.2) is 48.5 Å². The highest BCUT2D eigenvalue weighted by atomic mass is 35.5. The third-order valence-electron chi connectivity index (χ3n) is 5.83. The number of carbonyl (C=O) groups is 3. The van der Waals surface area contributed by atoms with E-state index in [4.69, 9.17) is 22.1 Å². The molecule has 0 spiro atoms. The molecule has 1 heterocycles. The molecule has 3 aromatic rings. The molecule has 0 fully saturated rings. The standard InChI is InChI=1S/C27H31ClFN5O5/c1-17(11-12-23(30)37)39-27(38)33(13-6-14-35)24-15-19-7-3-4-9-21(19)26(32-24)34(18(2)36)31-16-20-8-5-10-22(29)25(20)28/h3-5,7-10,15,17,31,35H,6,11-14,16H2,1-2H3,(H2,30,37)/t17-/m0/s1. The van der Waals surface area contributed by atoms with Gasteiger partial charge in [0.25, 0.3) is 0 Å². The number of fused-ring (bicyclic) bond motifs is 1. The molecule has 0 aliphatic rings. The first-order chi connectivity index (χ1) is 18.6. The molecule has 0 aliphatic carbocycles. The van der Waals surface area contributed by atoms with Crippen molar-refractivity contribution in [3.8, 4) is 0 Å². The van der Waals surface area contributed by atoms with E-state index >= 15 is 0 Å². The maximum absolute atomic E-state index is 13.9. The van der Waals surface area contributed by atoms with Crippen LogP contribution in [-0.4, -0.2) is 47.3 Å². The summed E-state index contributed by atoms with van der Waals surface area (Å²) in [6, 6.07) is 13.2. The predicted molar refractivity (Wildman–Crippen MR) is 147 cm³/mol. The Hall–Kier alpha value is -3.80. The molecule has 0 unspecified atom stereocenters. The van der Waals surface area contributed by atoms with Crippen molar-refractivity contribution >= 4 is 51.9 Å². The number of hydrazine groups is 1. The fraction of sp³-hybridized carbons (Fsp3) is 0.333. The molecule has 0 saturated carbocycles. The molecule has 1 atom stereocenters. The number of primary amides is 1. The maximum atomic E-state index is 13.9. The minimum Gasteiger partial charge on any atom is -0.446 e. The highest BCUT2D eigenvalue weighted by Gasteiger charge is 2.25. The second-order valence-corrected chi connectivity index (χ2v) is 9.23. The van der Waals surface area contributed by atoms with Crippen LogP contribution in [0.2, 0.25) is 5.02 Å². The normalized spacial score (nSPS) is 11.7. The van der Waals surface area contributed by atoms with Gasteiger partial charge < -0.3 is 15.6 Å². The number of rotatable bonds is 12. The van der Waals surface area contributed by atoms with E-state index < -0.39 is 29.8 Å². The van der Waals surface area contributed by atoms with Crippen molar-refractivity contribution in [1.29, 1.82) is 0 Å². The summed E-state index contributed by atoms with van der Waals surface area (Å²) in [6.07, 6.45) is -0.800. The fourth-order valence-electron chi connectivity index (χ4n) is 3.83. The second-order valence-electron chi connectivity index (χ2n) is 8.86. The summed E-state index contributed by atoms with van der Waals surface area (Å²) >= 11 is 6.09. The number of nitrogens with one attached hydrogen (secondary N) is 1. The van der Waals surface area contributed by atoms with E-state index in [1.54, 1.807) is 43.3 Å². The molecule has 39 heavy (non-hydrogen) atoms. The molecule has 12 heteroatoms. The van der Waals surface area contributed by atoms with Crippen molar-refractivity contribution in [3.63, 3.8) is 0 Å². The van der Waals surface area contributed by atoms with Crippen LogP contribution in [0.3, 0.4) is 0 Å². The molecule has 0 aliphatic heterocycles. The van der Waals surface area contributed by atoms with Crippen LogP contribution >= 0.6 is 11.6 Å². The zero-order valence-corrected chi connectivity index (χ0v) is 22.4. The second kappa shape index (κ2) is 13.8. The molecule has 4 N–H and O–H groups in total. The van der Waals surface area contributed by atoms with E-state index in [-0.39, 0.29) is 55.6 Å².